The van der Waals surface area contributed by atoms with Crippen LogP contribution in [-0.2, 0) is 0 Å². The number of hydrogen-bond donors (Lipinski definition) is 0. The summed E-state index contributed by atoms with van der Waals surface area (Å²) in [4.78, 5) is 14.0. The summed E-state index contributed by atoms with van der Waals surface area (Å²) in [5.74, 6) is 2.95. The summed E-state index contributed by atoms with van der Waals surface area (Å²) in [7, 11) is 29.3. The van der Waals surface area contributed by atoms with Crippen LogP contribution in [0.15, 0.2) is 73.2 Å². The second kappa shape index (κ2) is 26.7. The van der Waals surface area contributed by atoms with E-state index in [4.69, 9.17) is 39.2 Å². The molecule has 0 bridgehead atoms. The predicted molar refractivity (Wildman–Crippen MR) is 219 cm³/mol. The number of pyridine rings is 1. The van der Waals surface area contributed by atoms with Crippen LogP contribution in [0.25, 0.3) is 0 Å². The summed E-state index contributed by atoms with van der Waals surface area (Å²) in [6.45, 7) is 14.8. The Morgan fingerprint density at radius 3 is 1.48 bits per heavy atom. The van der Waals surface area contributed by atoms with Gasteiger partial charge in [0.1, 0.15) is 43.0 Å². The maximum atomic E-state index is 12.5. The van der Waals surface area contributed by atoms with Crippen molar-refractivity contribution in [2.75, 3.05) is 20.1 Å². The van der Waals surface area contributed by atoms with Crippen molar-refractivity contribution in [3.63, 3.8) is 0 Å². The van der Waals surface area contributed by atoms with Gasteiger partial charge in [-0.3, -0.25) is 4.98 Å². The van der Waals surface area contributed by atoms with Gasteiger partial charge in [0, 0.05) is 24.3 Å². The molecule has 0 atom stereocenters. The molecule has 4 aromatic rings. The molecule has 1 aliphatic carbocycles. The SMILES string of the molecule is C.CC1CCN(C)CC1.[B]C1CCC(C)CC1.[B]c1ccc(C)c(F)c1.[B]c1ccc(C)cc1.[B]c1ccc(C)nc1.[B]c1cnc(C)nc1. The number of hydrogen-bond acceptors (Lipinski definition) is 4. The van der Waals surface area contributed by atoms with E-state index >= 15 is 0 Å². The predicted octanol–water partition coefficient (Wildman–Crippen LogP) is 5.62. The van der Waals surface area contributed by atoms with Crippen molar-refractivity contribution >= 4 is 61.1 Å². The Bertz CT molecular complexity index is 1200. The van der Waals surface area contributed by atoms with E-state index in [1.807, 2.05) is 57.2 Å². The lowest BCUT2D eigenvalue weighted by atomic mass is 9.72. The number of halogens is 1. The van der Waals surface area contributed by atoms with Crippen molar-refractivity contribution in [1.29, 1.82) is 0 Å². The lowest BCUT2D eigenvalue weighted by Gasteiger charge is -2.26. The first-order valence-electron chi connectivity index (χ1n) is 17.1. The van der Waals surface area contributed by atoms with Gasteiger partial charge in [0.05, 0.1) is 7.85 Å². The first-order chi connectivity index (χ1) is 23.1. The smallest absolute Gasteiger partial charge is 0.125 e. The summed E-state index contributed by atoms with van der Waals surface area (Å²) in [6, 6.07) is 16.2. The molecule has 0 N–H and O–H groups in total. The number of rotatable bonds is 0. The Balaban J connectivity index is 0.000000574. The molecule has 0 unspecified atom stereocenters. The third-order valence-corrected chi connectivity index (χ3v) is 8.08. The van der Waals surface area contributed by atoms with Crippen molar-refractivity contribution in [3.05, 3.63) is 102 Å². The van der Waals surface area contributed by atoms with Gasteiger partial charge < -0.3 is 4.90 Å². The zero-order valence-electron chi connectivity index (χ0n) is 30.9. The van der Waals surface area contributed by atoms with Gasteiger partial charge >= 0.3 is 0 Å². The molecule has 10 heteroatoms. The zero-order chi connectivity index (χ0) is 36.8. The van der Waals surface area contributed by atoms with Gasteiger partial charge in [-0.1, -0.05) is 123 Å². The number of benzene rings is 2. The maximum absolute atomic E-state index is 12.5. The summed E-state index contributed by atoms with van der Waals surface area (Å²) in [6.07, 6.45) is 12.8. The lowest BCUT2D eigenvalue weighted by molar-refractivity contribution is 0.230. The average Bonchev–Trinajstić information content (AvgIpc) is 3.08. The fourth-order valence-electron chi connectivity index (χ4n) is 4.48. The first kappa shape index (κ1) is 46.9. The van der Waals surface area contributed by atoms with Crippen LogP contribution in [0.2, 0.25) is 5.82 Å². The van der Waals surface area contributed by atoms with Crippen molar-refractivity contribution < 1.29 is 4.39 Å². The molecule has 2 aromatic carbocycles. The van der Waals surface area contributed by atoms with Crippen LogP contribution in [0.3, 0.4) is 0 Å². The van der Waals surface area contributed by atoms with E-state index in [0.717, 1.165) is 34.3 Å². The van der Waals surface area contributed by atoms with Gasteiger partial charge in [0.25, 0.3) is 0 Å². The van der Waals surface area contributed by atoms with Crippen LogP contribution in [0.4, 0.5) is 4.39 Å². The molecule has 4 nitrogen and oxygen atoms in total. The number of likely N-dealkylation sites (tertiary alicyclic amines) is 1. The van der Waals surface area contributed by atoms with E-state index in [1.54, 1.807) is 37.6 Å². The highest BCUT2D eigenvalue weighted by molar-refractivity contribution is 6.33. The van der Waals surface area contributed by atoms with Gasteiger partial charge in [-0.05, 0) is 90.2 Å². The Morgan fingerprint density at radius 1 is 0.620 bits per heavy atom. The summed E-state index contributed by atoms with van der Waals surface area (Å²) in [5.41, 5.74) is 5.50. The van der Waals surface area contributed by atoms with Gasteiger partial charge in [-0.25, -0.2) is 14.4 Å². The standard InChI is InChI=1S/C7H6BF.C7H13B.C7H7B.C7H15N.C6H6BN.C5H5BN2.CH4/c1-5-2-3-6(8)4-7(5)9;2*1-6-2-4-7(8)5-3-6;1-7-3-5-8(2)6-4-7;1-5-2-3-6(7)4-8-5;1-4-7-2-5(6)3-8-4;/h2-4H,1H3;6-7H,2-5H2,1H3;2-5H,1H3;7H,3-6H2,1-2H3;2-4H,1H3;2-3H,1H3;1H4. The van der Waals surface area contributed by atoms with Crippen molar-refractivity contribution in [2.24, 2.45) is 11.8 Å². The first-order valence-corrected chi connectivity index (χ1v) is 17.1. The summed E-state index contributed by atoms with van der Waals surface area (Å²) >= 11 is 0. The van der Waals surface area contributed by atoms with Crippen molar-refractivity contribution in [2.45, 2.75) is 93.3 Å². The highest BCUT2D eigenvalue weighted by atomic mass is 19.1. The molecule has 6 rings (SSSR count). The molecule has 2 aromatic heterocycles. The molecular weight excluding hydrogens is 610 g/mol. The minimum Gasteiger partial charge on any atom is -0.306 e. The maximum Gasteiger partial charge on any atom is 0.125 e. The van der Waals surface area contributed by atoms with Gasteiger partial charge in [0.15, 0.2) is 0 Å². The molecule has 10 radical (unpaired) electrons. The van der Waals surface area contributed by atoms with Crippen LogP contribution in [-0.4, -0.2) is 79.2 Å². The molecule has 2 aliphatic rings. The molecule has 0 amide bonds. The third-order valence-electron chi connectivity index (χ3n) is 8.08. The monoisotopic (exact) mass is 666 g/mol. The Labute approximate surface area is 311 Å². The Hall–Kier alpha value is -3.12. The fraction of sp³-hybridized carbons (Fsp3) is 0.475. The van der Waals surface area contributed by atoms with E-state index in [9.17, 15) is 4.39 Å². The molecular formula is C40H56B5FN4. The van der Waals surface area contributed by atoms with Gasteiger partial charge in [-0.15, -0.1) is 0 Å². The van der Waals surface area contributed by atoms with Crippen LogP contribution in [0.5, 0.6) is 0 Å². The number of aromatic nitrogens is 3. The molecule has 1 saturated heterocycles. The second-order valence-corrected chi connectivity index (χ2v) is 13.2. The normalized spacial score (nSPS) is 16.6. The second-order valence-electron chi connectivity index (χ2n) is 13.2. The van der Waals surface area contributed by atoms with Gasteiger partial charge in [-0.2, -0.15) is 0 Å². The molecule has 1 saturated carbocycles. The molecule has 3 heterocycles. The minimum absolute atomic E-state index is 0. The molecule has 2 fully saturated rings. The highest BCUT2D eigenvalue weighted by Crippen LogP contribution is 2.29. The number of nitrogens with zero attached hydrogens (tertiary/aromatic N) is 4. The average molecular weight is 666 g/mol. The van der Waals surface area contributed by atoms with Crippen LogP contribution in [0.1, 0.15) is 82.4 Å². The van der Waals surface area contributed by atoms with E-state index in [1.165, 1.54) is 63.2 Å². The molecule has 258 valence electrons. The highest BCUT2D eigenvalue weighted by Gasteiger charge is 2.13. The Kier molecular flexibility index (Phi) is 25.0. The quantitative estimate of drug-likeness (QED) is 0.229. The summed E-state index contributed by atoms with van der Waals surface area (Å²) in [5, 5.41) is 0. The van der Waals surface area contributed by atoms with E-state index < -0.39 is 0 Å². The summed E-state index contributed by atoms with van der Waals surface area (Å²) < 4.78 is 12.5. The van der Waals surface area contributed by atoms with Crippen LogP contribution >= 0.6 is 0 Å². The lowest BCUT2D eigenvalue weighted by Crippen LogP contribution is -2.28. The fourth-order valence-corrected chi connectivity index (χ4v) is 4.48. The van der Waals surface area contributed by atoms with E-state index in [-0.39, 0.29) is 13.2 Å². The number of aryl methyl sites for hydroxylation is 4. The minimum atomic E-state index is -0.241. The van der Waals surface area contributed by atoms with Crippen LogP contribution < -0.4 is 21.9 Å². The largest absolute Gasteiger partial charge is 0.306 e. The molecule has 50 heavy (non-hydrogen) atoms. The zero-order valence-corrected chi connectivity index (χ0v) is 30.9. The molecule has 0 spiro atoms. The van der Waals surface area contributed by atoms with Crippen molar-refractivity contribution in [3.8, 4) is 0 Å². The van der Waals surface area contributed by atoms with Crippen molar-refractivity contribution in [1.82, 2.24) is 19.9 Å². The molecule has 1 aliphatic heterocycles. The van der Waals surface area contributed by atoms with Gasteiger partial charge in [0.2, 0.25) is 0 Å². The topological polar surface area (TPSA) is 41.9 Å². The number of piperidine rings is 1. The van der Waals surface area contributed by atoms with E-state index in [2.05, 4.69) is 40.7 Å². The Morgan fingerprint density at radius 2 is 1.10 bits per heavy atom. The van der Waals surface area contributed by atoms with E-state index in [0.29, 0.717) is 22.3 Å². The van der Waals surface area contributed by atoms with Crippen LogP contribution in [0, 0.1) is 45.3 Å². The third kappa shape index (κ3) is 24.1.